The van der Waals surface area contributed by atoms with E-state index in [-0.39, 0.29) is 36.7 Å². The monoisotopic (exact) mass is 524 g/mol. The van der Waals surface area contributed by atoms with Gasteiger partial charge < -0.3 is 16.4 Å². The lowest BCUT2D eigenvalue weighted by atomic mass is 10.1. The first-order valence-electron chi connectivity index (χ1n) is 9.62. The van der Waals surface area contributed by atoms with Gasteiger partial charge in [-0.15, -0.1) is 36.2 Å². The van der Waals surface area contributed by atoms with Gasteiger partial charge in [0, 0.05) is 37.1 Å². The molecule has 1 aliphatic heterocycles. The number of hydrogen-bond donors (Lipinski definition) is 6. The van der Waals surface area contributed by atoms with Gasteiger partial charge in [-0.05, 0) is 30.5 Å². The average Bonchev–Trinajstić information content (AvgIpc) is 3.03. The standard InChI is InChI=1S/C19H28N6O3S2.2ClH/c1-13(26)22-19-24-16(7-4-14-2-5-15(6-3-14)23-18(20)21)17(29-19)12-25-8-10-30(27,28)11-9-25;;/h2-3,5-6,27-28H,4,7-12H2,1H3,(H4,20,21,23)(H,22,24,26);2*1H. The number of nitrogens with one attached hydrogen (secondary N) is 3. The molecule has 1 aromatic heterocycles. The van der Waals surface area contributed by atoms with Crippen LogP contribution in [0.5, 0.6) is 0 Å². The molecule has 0 atom stereocenters. The predicted molar refractivity (Wildman–Crippen MR) is 138 cm³/mol. The van der Waals surface area contributed by atoms with Crippen LogP contribution in [0.4, 0.5) is 10.8 Å². The normalized spacial score (nSPS) is 16.2. The van der Waals surface area contributed by atoms with Crippen LogP contribution < -0.4 is 16.4 Å². The molecule has 0 bridgehead atoms. The van der Waals surface area contributed by atoms with Gasteiger partial charge >= 0.3 is 0 Å². The zero-order chi connectivity index (χ0) is 21.7. The molecule has 0 unspecified atom stereocenters. The van der Waals surface area contributed by atoms with Crippen molar-refractivity contribution in [1.82, 2.24) is 9.88 Å². The summed E-state index contributed by atoms with van der Waals surface area (Å²) in [4.78, 5) is 19.4. The third-order valence-electron chi connectivity index (χ3n) is 4.78. The van der Waals surface area contributed by atoms with Crippen molar-refractivity contribution < 1.29 is 13.9 Å². The number of aryl methyl sites for hydroxylation is 2. The molecule has 3 rings (SSSR count). The number of carbonyl (C=O) groups is 1. The van der Waals surface area contributed by atoms with Gasteiger partial charge in [-0.25, -0.2) is 4.98 Å². The van der Waals surface area contributed by atoms with Crippen LogP contribution in [-0.2, 0) is 24.2 Å². The number of rotatable bonds is 7. The van der Waals surface area contributed by atoms with Crippen LogP contribution in [0.25, 0.3) is 0 Å². The van der Waals surface area contributed by atoms with E-state index in [4.69, 9.17) is 11.1 Å². The van der Waals surface area contributed by atoms with Crippen molar-refractivity contribution in [3.8, 4) is 0 Å². The molecule has 13 heteroatoms. The zero-order valence-corrected chi connectivity index (χ0v) is 20.9. The molecule has 0 aliphatic carbocycles. The van der Waals surface area contributed by atoms with Crippen molar-refractivity contribution in [2.75, 3.05) is 35.2 Å². The van der Waals surface area contributed by atoms with Gasteiger partial charge in [-0.1, -0.05) is 12.1 Å². The molecular weight excluding hydrogens is 495 g/mol. The van der Waals surface area contributed by atoms with E-state index in [2.05, 4.69) is 20.5 Å². The summed E-state index contributed by atoms with van der Waals surface area (Å²) in [6.07, 6.45) is 1.52. The zero-order valence-electron chi connectivity index (χ0n) is 17.7. The second-order valence-corrected chi connectivity index (χ2v) is 10.8. The van der Waals surface area contributed by atoms with E-state index in [1.807, 2.05) is 24.3 Å². The van der Waals surface area contributed by atoms with Gasteiger partial charge in [0.25, 0.3) is 0 Å². The average molecular weight is 526 g/mol. The van der Waals surface area contributed by atoms with Crippen molar-refractivity contribution in [1.29, 1.82) is 5.41 Å². The number of halogens is 2. The maximum atomic E-state index is 11.4. The molecule has 1 aromatic carbocycles. The van der Waals surface area contributed by atoms with Crippen LogP contribution in [-0.4, -0.2) is 55.5 Å². The molecule has 1 saturated heterocycles. The first-order valence-corrected chi connectivity index (χ1v) is 12.3. The Bertz CT molecular complexity index is 901. The smallest absolute Gasteiger partial charge is 0.223 e. The van der Waals surface area contributed by atoms with Gasteiger partial charge in [-0.3, -0.25) is 24.2 Å². The fourth-order valence-electron chi connectivity index (χ4n) is 3.20. The fourth-order valence-corrected chi connectivity index (χ4v) is 5.61. The van der Waals surface area contributed by atoms with Gasteiger partial charge in [0.15, 0.2) is 11.1 Å². The number of anilines is 2. The van der Waals surface area contributed by atoms with Gasteiger partial charge in [-0.2, -0.15) is 10.6 Å². The van der Waals surface area contributed by atoms with E-state index in [9.17, 15) is 13.9 Å². The molecule has 32 heavy (non-hydrogen) atoms. The summed E-state index contributed by atoms with van der Waals surface area (Å²) < 4.78 is 19.7. The van der Waals surface area contributed by atoms with E-state index in [1.165, 1.54) is 18.3 Å². The number of hydrogen-bond acceptors (Lipinski definition) is 7. The summed E-state index contributed by atoms with van der Waals surface area (Å²) in [6.45, 7) is 3.43. The molecule has 1 fully saturated rings. The second-order valence-electron chi connectivity index (χ2n) is 7.29. The maximum Gasteiger partial charge on any atom is 0.223 e. The van der Waals surface area contributed by atoms with Crippen molar-refractivity contribution in [3.63, 3.8) is 0 Å². The number of benzene rings is 1. The van der Waals surface area contributed by atoms with Crippen LogP contribution in [0.15, 0.2) is 24.3 Å². The Balaban J connectivity index is 0.00000256. The first-order chi connectivity index (χ1) is 14.2. The maximum absolute atomic E-state index is 11.4. The molecule has 2 aromatic rings. The van der Waals surface area contributed by atoms with Gasteiger partial charge in [0.05, 0.1) is 17.2 Å². The third-order valence-corrected chi connectivity index (χ3v) is 7.45. The van der Waals surface area contributed by atoms with E-state index < -0.39 is 10.6 Å². The Morgan fingerprint density at radius 1 is 1.19 bits per heavy atom. The summed E-state index contributed by atoms with van der Waals surface area (Å²) in [5.41, 5.74) is 8.20. The number of nitrogens with zero attached hydrogens (tertiary/aromatic N) is 2. The number of thiazole rings is 1. The second kappa shape index (κ2) is 12.6. The minimum atomic E-state index is -2.42. The molecule has 180 valence electrons. The highest BCUT2D eigenvalue weighted by atomic mass is 35.5. The number of amides is 1. The third kappa shape index (κ3) is 8.74. The summed E-state index contributed by atoms with van der Waals surface area (Å²) in [5.74, 6) is 0.558. The topological polar surface area (TPSA) is 148 Å². The summed E-state index contributed by atoms with van der Waals surface area (Å²) in [7, 11) is -2.42. The van der Waals surface area contributed by atoms with E-state index in [0.717, 1.165) is 34.7 Å². The van der Waals surface area contributed by atoms with E-state index in [0.29, 0.717) is 36.3 Å². The predicted octanol–water partition coefficient (Wildman–Crippen LogP) is 3.60. The van der Waals surface area contributed by atoms with E-state index >= 15 is 0 Å². The lowest BCUT2D eigenvalue weighted by molar-refractivity contribution is -0.114. The molecular formula is C19H30Cl2N6O3S2. The Morgan fingerprint density at radius 2 is 1.81 bits per heavy atom. The SMILES string of the molecule is CC(=O)Nc1nc(CCc2ccc(NC(=N)N)cc2)c(CN2CCS(O)(O)CC2)s1.Cl.Cl. The number of nitrogens with two attached hydrogens (primary N) is 1. The highest BCUT2D eigenvalue weighted by molar-refractivity contribution is 8.24. The van der Waals surface area contributed by atoms with Crippen molar-refractivity contribution in [2.24, 2.45) is 5.73 Å². The molecule has 1 amide bonds. The quantitative estimate of drug-likeness (QED) is 0.239. The van der Waals surface area contributed by atoms with E-state index in [1.54, 1.807) is 0 Å². The number of carbonyl (C=O) groups excluding carboxylic acids is 1. The lowest BCUT2D eigenvalue weighted by Crippen LogP contribution is -2.37. The van der Waals surface area contributed by atoms with Crippen molar-refractivity contribution in [2.45, 2.75) is 26.3 Å². The fraction of sp³-hybridized carbons (Fsp3) is 0.421. The largest absolute Gasteiger partial charge is 0.370 e. The van der Waals surface area contributed by atoms with Crippen molar-refractivity contribution in [3.05, 3.63) is 40.4 Å². The minimum Gasteiger partial charge on any atom is -0.370 e. The summed E-state index contributed by atoms with van der Waals surface area (Å²) in [6, 6.07) is 7.74. The van der Waals surface area contributed by atoms with Gasteiger partial charge in [0.2, 0.25) is 5.91 Å². The Morgan fingerprint density at radius 3 is 2.38 bits per heavy atom. The van der Waals surface area contributed by atoms with Crippen LogP contribution >= 0.6 is 46.7 Å². The molecule has 1 aliphatic rings. The summed E-state index contributed by atoms with van der Waals surface area (Å²) >= 11 is 1.48. The Labute approximate surface area is 205 Å². The van der Waals surface area contributed by atoms with Crippen LogP contribution in [0.1, 0.15) is 23.1 Å². The van der Waals surface area contributed by atoms with Crippen LogP contribution in [0.2, 0.25) is 0 Å². The molecule has 0 saturated carbocycles. The van der Waals surface area contributed by atoms with Gasteiger partial charge in [0.1, 0.15) is 0 Å². The minimum absolute atomic E-state index is 0. The molecule has 2 heterocycles. The van der Waals surface area contributed by atoms with Crippen molar-refractivity contribution >= 4 is 69.4 Å². The highest BCUT2D eigenvalue weighted by Gasteiger charge is 2.24. The first kappa shape index (κ1) is 28.4. The Kier molecular flexibility index (Phi) is 11.2. The number of aromatic nitrogens is 1. The lowest BCUT2D eigenvalue weighted by Gasteiger charge is -2.40. The summed E-state index contributed by atoms with van der Waals surface area (Å²) in [5, 5.41) is 13.4. The Hall–Kier alpha value is -1.60. The number of guanidine groups is 1. The molecule has 7 N–H and O–H groups in total. The van der Waals surface area contributed by atoms with Crippen LogP contribution in [0.3, 0.4) is 0 Å². The molecule has 0 spiro atoms. The molecule has 9 nitrogen and oxygen atoms in total. The highest BCUT2D eigenvalue weighted by Crippen LogP contribution is 2.40. The molecule has 0 radical (unpaired) electrons. The van der Waals surface area contributed by atoms with Crippen LogP contribution in [0, 0.1) is 5.41 Å².